The minimum absolute atomic E-state index is 0.0714. The van der Waals surface area contributed by atoms with E-state index in [0.29, 0.717) is 31.7 Å². The fraction of sp³-hybridized carbons (Fsp3) is 0.621. The lowest BCUT2D eigenvalue weighted by Crippen LogP contribution is -2.46. The van der Waals surface area contributed by atoms with Crippen LogP contribution in [0, 0.1) is 17.3 Å². The third-order valence-electron chi connectivity index (χ3n) is 8.98. The first-order chi connectivity index (χ1) is 17.7. The Morgan fingerprint density at radius 1 is 1.30 bits per heavy atom. The highest BCUT2D eigenvalue weighted by atomic mass is 19.4. The van der Waals surface area contributed by atoms with E-state index in [1.54, 1.807) is 19.1 Å². The summed E-state index contributed by atoms with van der Waals surface area (Å²) in [6, 6.07) is 4.08. The van der Waals surface area contributed by atoms with Gasteiger partial charge in [-0.2, -0.15) is 13.2 Å². The van der Waals surface area contributed by atoms with E-state index < -0.39 is 11.7 Å². The number of esters is 1. The number of aromatic amines is 1. The smallest absolute Gasteiger partial charge is 0.416 e. The van der Waals surface area contributed by atoms with Crippen molar-refractivity contribution in [3.8, 4) is 0 Å². The van der Waals surface area contributed by atoms with Crippen molar-refractivity contribution in [2.45, 2.75) is 58.0 Å². The second-order valence-electron chi connectivity index (χ2n) is 11.1. The molecule has 1 N–H and O–H groups in total. The van der Waals surface area contributed by atoms with Gasteiger partial charge in [0.05, 0.1) is 12.2 Å². The summed E-state index contributed by atoms with van der Waals surface area (Å²) in [6.07, 6.45) is 3.99. The molecular formula is C29H37F3N2O3. The van der Waals surface area contributed by atoms with Gasteiger partial charge < -0.3 is 19.4 Å². The zero-order valence-electron chi connectivity index (χ0n) is 21.7. The van der Waals surface area contributed by atoms with Crippen LogP contribution in [0.5, 0.6) is 0 Å². The average Bonchev–Trinajstić information content (AvgIpc) is 3.25. The molecule has 0 spiro atoms. The Labute approximate surface area is 216 Å². The minimum Gasteiger partial charge on any atom is -0.463 e. The van der Waals surface area contributed by atoms with E-state index in [9.17, 15) is 18.0 Å². The van der Waals surface area contributed by atoms with E-state index in [1.165, 1.54) is 12.1 Å². The highest BCUT2D eigenvalue weighted by Gasteiger charge is 2.41. The summed E-state index contributed by atoms with van der Waals surface area (Å²) >= 11 is 0. The molecule has 3 atom stereocenters. The lowest BCUT2D eigenvalue weighted by atomic mass is 9.68. The fourth-order valence-corrected chi connectivity index (χ4v) is 6.82. The topological polar surface area (TPSA) is 54.6 Å². The van der Waals surface area contributed by atoms with Gasteiger partial charge >= 0.3 is 12.1 Å². The van der Waals surface area contributed by atoms with Crippen LogP contribution < -0.4 is 0 Å². The van der Waals surface area contributed by atoms with Gasteiger partial charge in [0.1, 0.15) is 0 Å². The second kappa shape index (κ2) is 10.4. The van der Waals surface area contributed by atoms with E-state index in [4.69, 9.17) is 9.47 Å². The molecular weight excluding hydrogens is 481 g/mol. The van der Waals surface area contributed by atoms with Crippen LogP contribution in [0.25, 0.3) is 10.9 Å². The molecule has 1 aliphatic carbocycles. The number of allylic oxidation sites excluding steroid dienone is 1. The van der Waals surface area contributed by atoms with Crippen LogP contribution >= 0.6 is 0 Å². The number of piperidine rings is 1. The number of ether oxygens (including phenoxy) is 2. The highest BCUT2D eigenvalue weighted by molar-refractivity contribution is 5.86. The molecule has 8 heteroatoms. The number of benzene rings is 1. The molecule has 0 bridgehead atoms. The van der Waals surface area contributed by atoms with Crippen LogP contribution in [-0.2, 0) is 26.9 Å². The molecule has 2 saturated heterocycles. The SMILES string of the molecule is CCOC(=O)C=CC1(CCN2CC[C@@H]3Cc4[nH]c5ccc(C(F)(F)F)cc5c4[C@H](C)[C@H]3C2)CCOCC1. The maximum absolute atomic E-state index is 13.4. The van der Waals surface area contributed by atoms with Gasteiger partial charge in [0, 0.05) is 42.4 Å². The maximum Gasteiger partial charge on any atom is 0.416 e. The summed E-state index contributed by atoms with van der Waals surface area (Å²) in [5, 5.41) is 0.721. The average molecular weight is 519 g/mol. The van der Waals surface area contributed by atoms with Crippen molar-refractivity contribution < 1.29 is 27.4 Å². The van der Waals surface area contributed by atoms with Crippen molar-refractivity contribution >= 4 is 16.9 Å². The molecule has 202 valence electrons. The summed E-state index contributed by atoms with van der Waals surface area (Å²) in [5.74, 6) is 0.841. The molecule has 0 saturated carbocycles. The van der Waals surface area contributed by atoms with E-state index in [-0.39, 0.29) is 17.3 Å². The van der Waals surface area contributed by atoms with Gasteiger partial charge in [-0.1, -0.05) is 13.0 Å². The fourth-order valence-electron chi connectivity index (χ4n) is 6.82. The van der Waals surface area contributed by atoms with Crippen LogP contribution in [0.3, 0.4) is 0 Å². The predicted molar refractivity (Wildman–Crippen MR) is 136 cm³/mol. The van der Waals surface area contributed by atoms with Crippen molar-refractivity contribution in [2.75, 3.05) is 39.5 Å². The molecule has 2 aliphatic heterocycles. The van der Waals surface area contributed by atoms with Crippen molar-refractivity contribution in [3.63, 3.8) is 0 Å². The molecule has 5 nitrogen and oxygen atoms in total. The number of nitrogens with zero attached hydrogens (tertiary/aromatic N) is 1. The first kappa shape index (κ1) is 26.3. The summed E-state index contributed by atoms with van der Waals surface area (Å²) < 4.78 is 51.0. The minimum atomic E-state index is -4.34. The van der Waals surface area contributed by atoms with Gasteiger partial charge in [-0.05, 0) is 99.0 Å². The molecule has 2 aromatic rings. The Morgan fingerprint density at radius 2 is 2.08 bits per heavy atom. The Bertz CT molecular complexity index is 1150. The number of hydrogen-bond acceptors (Lipinski definition) is 4. The van der Waals surface area contributed by atoms with Crippen LogP contribution in [0.4, 0.5) is 13.2 Å². The second-order valence-corrected chi connectivity index (χ2v) is 11.1. The quantitative estimate of drug-likeness (QED) is 0.371. The molecule has 0 radical (unpaired) electrons. The van der Waals surface area contributed by atoms with Crippen molar-refractivity contribution in [3.05, 3.63) is 47.2 Å². The van der Waals surface area contributed by atoms with Gasteiger partial charge in [-0.3, -0.25) is 0 Å². The summed E-state index contributed by atoms with van der Waals surface area (Å²) in [4.78, 5) is 17.9. The number of halogens is 3. The number of rotatable bonds is 6. The Morgan fingerprint density at radius 3 is 2.81 bits per heavy atom. The molecule has 0 amide bonds. The number of aromatic nitrogens is 1. The summed E-state index contributed by atoms with van der Waals surface area (Å²) in [5.41, 5.74) is 2.33. The lowest BCUT2D eigenvalue weighted by molar-refractivity contribution is -0.138. The highest BCUT2D eigenvalue weighted by Crippen LogP contribution is 2.47. The number of H-pyrrole nitrogens is 1. The molecule has 3 heterocycles. The van der Waals surface area contributed by atoms with Crippen molar-refractivity contribution in [1.82, 2.24) is 9.88 Å². The zero-order chi connectivity index (χ0) is 26.2. The standard InChI is InChI=1S/C29H37F3N2O3/c1-3-37-26(35)6-8-28(10-14-36-15-11-28)9-13-34-12-7-20-16-25-27(19(2)23(20)18-34)22-17-21(29(30,31)32)4-5-24(22)33-25/h4-6,8,17,19-20,23,33H,3,7,9-16,18H2,1-2H3/t19-,20-,23-/m1/s1. The Balaban J connectivity index is 1.30. The van der Waals surface area contributed by atoms with Gasteiger partial charge in [0.25, 0.3) is 0 Å². The number of fused-ring (bicyclic) bond motifs is 4. The van der Waals surface area contributed by atoms with Gasteiger partial charge in [0.2, 0.25) is 0 Å². The van der Waals surface area contributed by atoms with Crippen LogP contribution in [0.2, 0.25) is 0 Å². The largest absolute Gasteiger partial charge is 0.463 e. The normalized spacial score (nSPS) is 26.2. The van der Waals surface area contributed by atoms with Crippen LogP contribution in [0.15, 0.2) is 30.4 Å². The molecule has 37 heavy (non-hydrogen) atoms. The number of nitrogens with one attached hydrogen (secondary N) is 1. The number of alkyl halides is 3. The number of carbonyl (C=O) groups is 1. The van der Waals surface area contributed by atoms with Crippen LogP contribution in [0.1, 0.15) is 62.3 Å². The third-order valence-corrected chi connectivity index (χ3v) is 8.98. The Hall–Kier alpha value is -2.32. The number of hydrogen-bond donors (Lipinski definition) is 1. The predicted octanol–water partition coefficient (Wildman–Crippen LogP) is 6.09. The zero-order valence-corrected chi connectivity index (χ0v) is 21.7. The van der Waals surface area contributed by atoms with E-state index in [1.807, 2.05) is 6.08 Å². The first-order valence-electron chi connectivity index (χ1n) is 13.6. The summed E-state index contributed by atoms with van der Waals surface area (Å²) in [6.45, 7) is 8.65. The van der Waals surface area contributed by atoms with Gasteiger partial charge in [-0.15, -0.1) is 0 Å². The van der Waals surface area contributed by atoms with Gasteiger partial charge in [-0.25, -0.2) is 4.79 Å². The van der Waals surface area contributed by atoms with E-state index in [2.05, 4.69) is 16.8 Å². The molecule has 5 rings (SSSR count). The molecule has 3 aliphatic rings. The van der Waals surface area contributed by atoms with E-state index >= 15 is 0 Å². The van der Waals surface area contributed by atoms with Crippen molar-refractivity contribution in [2.24, 2.45) is 17.3 Å². The number of carbonyl (C=O) groups excluding carboxylic acids is 1. The lowest BCUT2D eigenvalue weighted by Gasteiger charge is -2.45. The first-order valence-corrected chi connectivity index (χ1v) is 13.6. The maximum atomic E-state index is 13.4. The molecule has 2 fully saturated rings. The molecule has 1 aromatic heterocycles. The summed E-state index contributed by atoms with van der Waals surface area (Å²) in [7, 11) is 0. The third kappa shape index (κ3) is 5.46. The molecule has 1 aromatic carbocycles. The van der Waals surface area contributed by atoms with Crippen LogP contribution in [-0.4, -0.2) is 55.3 Å². The monoisotopic (exact) mass is 518 g/mol. The molecule has 0 unspecified atom stereocenters. The van der Waals surface area contributed by atoms with Gasteiger partial charge in [0.15, 0.2) is 0 Å². The number of likely N-dealkylation sites (tertiary alicyclic amines) is 1. The van der Waals surface area contributed by atoms with E-state index in [0.717, 1.165) is 73.9 Å². The Kier molecular flexibility index (Phi) is 7.42. The van der Waals surface area contributed by atoms with Crippen molar-refractivity contribution in [1.29, 1.82) is 0 Å².